The Labute approximate surface area is 137 Å². The lowest BCUT2D eigenvalue weighted by Gasteiger charge is -2.23. The van der Waals surface area contributed by atoms with Crippen LogP contribution in [0.3, 0.4) is 0 Å². The Hall–Kier alpha value is -1.66. The number of thiophene rings is 2. The van der Waals surface area contributed by atoms with Crippen LogP contribution in [0, 0.1) is 5.41 Å². The van der Waals surface area contributed by atoms with Crippen molar-refractivity contribution in [2.24, 2.45) is 5.41 Å². The van der Waals surface area contributed by atoms with E-state index < -0.39 is 0 Å². The molecule has 2 aromatic rings. The molecule has 2 amide bonds. The third-order valence-corrected chi connectivity index (χ3v) is 5.99. The summed E-state index contributed by atoms with van der Waals surface area (Å²) >= 11 is 3.15. The summed E-state index contributed by atoms with van der Waals surface area (Å²) in [7, 11) is 0. The van der Waals surface area contributed by atoms with Crippen molar-refractivity contribution in [3.8, 4) is 0 Å². The number of likely N-dealkylation sites (tertiary alicyclic amines) is 1. The Morgan fingerprint density at radius 2 is 1.95 bits per heavy atom. The maximum absolute atomic E-state index is 12.5. The first-order valence-corrected chi connectivity index (χ1v) is 9.20. The van der Waals surface area contributed by atoms with Gasteiger partial charge in [-0.15, -0.1) is 0 Å². The molecule has 1 unspecified atom stereocenters. The van der Waals surface area contributed by atoms with Crippen LogP contribution in [0.4, 0.5) is 5.69 Å². The van der Waals surface area contributed by atoms with Crippen LogP contribution in [0.5, 0.6) is 0 Å². The van der Waals surface area contributed by atoms with Crippen LogP contribution in [0.15, 0.2) is 33.7 Å². The van der Waals surface area contributed by atoms with E-state index in [0.29, 0.717) is 13.0 Å². The minimum Gasteiger partial charge on any atom is -0.338 e. The number of rotatable bonds is 2. The fraction of sp³-hybridized carbons (Fsp3) is 0.375. The first kappa shape index (κ1) is 14.0. The second-order valence-corrected chi connectivity index (χ2v) is 7.69. The van der Waals surface area contributed by atoms with Crippen molar-refractivity contribution in [2.75, 3.05) is 24.5 Å². The lowest BCUT2D eigenvalue weighted by molar-refractivity contribution is -0.117. The number of hydrogen-bond donors (Lipinski definition) is 0. The molecule has 1 atom stereocenters. The molecule has 4 heterocycles. The summed E-state index contributed by atoms with van der Waals surface area (Å²) < 4.78 is 0. The molecule has 2 aromatic heterocycles. The summed E-state index contributed by atoms with van der Waals surface area (Å²) in [6, 6.07) is 3.86. The van der Waals surface area contributed by atoms with Gasteiger partial charge in [-0.1, -0.05) is 0 Å². The van der Waals surface area contributed by atoms with Gasteiger partial charge < -0.3 is 9.80 Å². The van der Waals surface area contributed by atoms with Gasteiger partial charge in [-0.3, -0.25) is 9.59 Å². The second-order valence-electron chi connectivity index (χ2n) is 6.13. The van der Waals surface area contributed by atoms with Crippen LogP contribution in [0.2, 0.25) is 0 Å². The number of carbonyl (C=O) groups excluding carboxylic acids is 2. The average molecular weight is 332 g/mol. The summed E-state index contributed by atoms with van der Waals surface area (Å²) in [6.07, 6.45) is 1.46. The number of amides is 2. The molecule has 2 aliphatic heterocycles. The average Bonchev–Trinajstić information content (AvgIpc) is 3.26. The highest BCUT2D eigenvalue weighted by Crippen LogP contribution is 2.42. The highest BCUT2D eigenvalue weighted by atomic mass is 32.1. The zero-order valence-corrected chi connectivity index (χ0v) is 13.7. The van der Waals surface area contributed by atoms with Crippen molar-refractivity contribution in [3.05, 3.63) is 39.2 Å². The van der Waals surface area contributed by atoms with Gasteiger partial charge in [-0.25, -0.2) is 0 Å². The van der Waals surface area contributed by atoms with E-state index in [1.165, 1.54) is 0 Å². The Bertz CT molecular complexity index is 696. The molecule has 0 saturated carbocycles. The van der Waals surface area contributed by atoms with E-state index in [1.807, 2.05) is 43.5 Å². The zero-order chi connectivity index (χ0) is 15.2. The molecule has 0 aliphatic carbocycles. The standard InChI is InChI=1S/C16H16N2O2S2/c19-14-7-16(11-18(14)13-2-6-22-9-13)3-4-17(10-16)15(20)12-1-5-21-8-12/h1-2,5-6,8-9H,3-4,7,10-11H2. The van der Waals surface area contributed by atoms with Gasteiger partial charge in [0, 0.05) is 42.2 Å². The molecule has 0 radical (unpaired) electrons. The Morgan fingerprint density at radius 1 is 1.14 bits per heavy atom. The molecule has 2 saturated heterocycles. The van der Waals surface area contributed by atoms with Gasteiger partial charge in [0.15, 0.2) is 0 Å². The van der Waals surface area contributed by atoms with E-state index in [2.05, 4.69) is 0 Å². The van der Waals surface area contributed by atoms with Crippen LogP contribution in [0.1, 0.15) is 23.2 Å². The Morgan fingerprint density at radius 3 is 2.68 bits per heavy atom. The lowest BCUT2D eigenvalue weighted by Crippen LogP contribution is -2.34. The van der Waals surface area contributed by atoms with Crippen LogP contribution >= 0.6 is 22.7 Å². The van der Waals surface area contributed by atoms with E-state index >= 15 is 0 Å². The van der Waals surface area contributed by atoms with E-state index in [-0.39, 0.29) is 17.2 Å². The normalized spacial score (nSPS) is 24.6. The van der Waals surface area contributed by atoms with E-state index in [1.54, 1.807) is 22.7 Å². The van der Waals surface area contributed by atoms with Crippen molar-refractivity contribution in [2.45, 2.75) is 12.8 Å². The Balaban J connectivity index is 1.50. The highest BCUT2D eigenvalue weighted by Gasteiger charge is 2.48. The van der Waals surface area contributed by atoms with E-state index in [4.69, 9.17) is 0 Å². The summed E-state index contributed by atoms with van der Waals surface area (Å²) in [4.78, 5) is 28.6. The van der Waals surface area contributed by atoms with Crippen molar-refractivity contribution >= 4 is 40.2 Å². The molecule has 22 heavy (non-hydrogen) atoms. The predicted molar refractivity (Wildman–Crippen MR) is 88.6 cm³/mol. The minimum absolute atomic E-state index is 0.0648. The van der Waals surface area contributed by atoms with Crippen molar-refractivity contribution in [3.63, 3.8) is 0 Å². The molecule has 2 fully saturated rings. The number of carbonyl (C=O) groups is 2. The van der Waals surface area contributed by atoms with Gasteiger partial charge in [0.2, 0.25) is 5.91 Å². The van der Waals surface area contributed by atoms with Crippen LogP contribution in [-0.2, 0) is 4.79 Å². The molecule has 0 N–H and O–H groups in total. The highest BCUT2D eigenvalue weighted by molar-refractivity contribution is 7.08. The van der Waals surface area contributed by atoms with E-state index in [9.17, 15) is 9.59 Å². The number of nitrogens with zero attached hydrogens (tertiary/aromatic N) is 2. The quantitative estimate of drug-likeness (QED) is 0.848. The molecule has 0 aromatic carbocycles. The van der Waals surface area contributed by atoms with Crippen LogP contribution < -0.4 is 4.90 Å². The summed E-state index contributed by atoms with van der Waals surface area (Å²) in [5.74, 6) is 0.280. The largest absolute Gasteiger partial charge is 0.338 e. The molecule has 114 valence electrons. The second kappa shape index (κ2) is 5.21. The number of hydrogen-bond acceptors (Lipinski definition) is 4. The van der Waals surface area contributed by atoms with Crippen LogP contribution in [-0.4, -0.2) is 36.3 Å². The van der Waals surface area contributed by atoms with Gasteiger partial charge in [0.1, 0.15) is 0 Å². The topological polar surface area (TPSA) is 40.6 Å². The van der Waals surface area contributed by atoms with Gasteiger partial charge in [0.05, 0.1) is 11.3 Å². The van der Waals surface area contributed by atoms with Gasteiger partial charge in [-0.05, 0) is 29.3 Å². The molecular weight excluding hydrogens is 316 g/mol. The van der Waals surface area contributed by atoms with E-state index in [0.717, 1.165) is 30.8 Å². The van der Waals surface area contributed by atoms with Crippen molar-refractivity contribution < 1.29 is 9.59 Å². The monoisotopic (exact) mass is 332 g/mol. The Kier molecular flexibility index (Phi) is 3.31. The first-order valence-electron chi connectivity index (χ1n) is 7.31. The fourth-order valence-electron chi connectivity index (χ4n) is 3.49. The summed E-state index contributed by atoms with van der Waals surface area (Å²) in [5, 5.41) is 7.83. The predicted octanol–water partition coefficient (Wildman–Crippen LogP) is 3.08. The zero-order valence-electron chi connectivity index (χ0n) is 12.0. The molecule has 0 bridgehead atoms. The molecular formula is C16H16N2O2S2. The van der Waals surface area contributed by atoms with Crippen molar-refractivity contribution in [1.29, 1.82) is 0 Å². The summed E-state index contributed by atoms with van der Waals surface area (Å²) in [6.45, 7) is 2.17. The third-order valence-electron chi connectivity index (χ3n) is 4.63. The fourth-order valence-corrected chi connectivity index (χ4v) is 4.76. The summed E-state index contributed by atoms with van der Waals surface area (Å²) in [5.41, 5.74) is 1.69. The molecule has 4 nitrogen and oxygen atoms in total. The number of anilines is 1. The molecule has 2 aliphatic rings. The lowest BCUT2D eigenvalue weighted by atomic mass is 9.86. The molecule has 4 rings (SSSR count). The first-order chi connectivity index (χ1) is 10.7. The van der Waals surface area contributed by atoms with Gasteiger partial charge >= 0.3 is 0 Å². The van der Waals surface area contributed by atoms with Crippen LogP contribution in [0.25, 0.3) is 0 Å². The maximum Gasteiger partial charge on any atom is 0.254 e. The van der Waals surface area contributed by atoms with Gasteiger partial charge in [-0.2, -0.15) is 22.7 Å². The smallest absolute Gasteiger partial charge is 0.254 e. The van der Waals surface area contributed by atoms with Crippen molar-refractivity contribution in [1.82, 2.24) is 4.90 Å². The minimum atomic E-state index is -0.0648. The SMILES string of the molecule is O=C(c1ccsc1)N1CCC2(CC(=O)N(c3ccsc3)C2)C1. The molecule has 6 heteroatoms. The van der Waals surface area contributed by atoms with Gasteiger partial charge in [0.25, 0.3) is 5.91 Å². The molecule has 1 spiro atoms. The third kappa shape index (κ3) is 2.27. The maximum atomic E-state index is 12.5.